The van der Waals surface area contributed by atoms with E-state index in [2.05, 4.69) is 0 Å². The number of nitrogens with zero attached hydrogens (tertiary/aromatic N) is 1. The molecule has 0 saturated heterocycles. The fraction of sp³-hybridized carbons (Fsp3) is 0.529. The third-order valence-corrected chi connectivity index (χ3v) is 4.39. The normalized spacial score (nSPS) is 23.8. The number of aliphatic hydroxyl groups is 1. The number of rotatable bonds is 5. The molecule has 0 amide bonds. The van der Waals surface area contributed by atoms with E-state index >= 15 is 0 Å². The lowest BCUT2D eigenvalue weighted by Gasteiger charge is -2.34. The summed E-state index contributed by atoms with van der Waals surface area (Å²) in [5.74, 6) is 0.103. The Balaban J connectivity index is 1.89. The van der Waals surface area contributed by atoms with Crippen LogP contribution in [0, 0.1) is 17.2 Å². The Hall–Kier alpha value is -1.77. The van der Waals surface area contributed by atoms with E-state index < -0.39 is 5.60 Å². The van der Waals surface area contributed by atoms with Gasteiger partial charge in [0.2, 0.25) is 0 Å². The topological polar surface area (TPSA) is 79.6 Å². The standard InChI is InChI=1S/C17H20ClNO4/c1-2-22-16(20)13-5-7-17(21,8-6-13)11-23-15-4-3-12(10-19)9-14(15)18/h3-4,9,13,21H,2,5-8,11H2,1H3. The minimum Gasteiger partial charge on any atom is -0.489 e. The molecule has 5 nitrogen and oxygen atoms in total. The van der Waals surface area contributed by atoms with Crippen molar-refractivity contribution >= 4 is 17.6 Å². The summed E-state index contributed by atoms with van der Waals surface area (Å²) in [4.78, 5) is 11.7. The van der Waals surface area contributed by atoms with Gasteiger partial charge in [0.05, 0.1) is 34.8 Å². The molecule has 0 unspecified atom stereocenters. The van der Waals surface area contributed by atoms with Crippen molar-refractivity contribution in [3.05, 3.63) is 28.8 Å². The van der Waals surface area contributed by atoms with Crippen molar-refractivity contribution in [2.24, 2.45) is 5.92 Å². The molecular weight excluding hydrogens is 318 g/mol. The molecule has 0 radical (unpaired) electrons. The van der Waals surface area contributed by atoms with E-state index in [1.807, 2.05) is 6.07 Å². The van der Waals surface area contributed by atoms with Gasteiger partial charge in [-0.1, -0.05) is 11.6 Å². The molecule has 0 bridgehead atoms. The van der Waals surface area contributed by atoms with Crippen LogP contribution < -0.4 is 4.74 Å². The Labute approximate surface area is 140 Å². The van der Waals surface area contributed by atoms with Gasteiger partial charge < -0.3 is 14.6 Å². The van der Waals surface area contributed by atoms with Gasteiger partial charge in [0.1, 0.15) is 12.4 Å². The molecule has 1 aromatic rings. The van der Waals surface area contributed by atoms with Crippen molar-refractivity contribution in [3.63, 3.8) is 0 Å². The van der Waals surface area contributed by atoms with E-state index in [9.17, 15) is 9.90 Å². The zero-order valence-electron chi connectivity index (χ0n) is 13.0. The van der Waals surface area contributed by atoms with Crippen LogP contribution in [0.5, 0.6) is 5.75 Å². The highest BCUT2D eigenvalue weighted by molar-refractivity contribution is 6.32. The molecule has 1 N–H and O–H groups in total. The van der Waals surface area contributed by atoms with Crippen molar-refractivity contribution in [2.75, 3.05) is 13.2 Å². The Kier molecular flexibility index (Phi) is 5.86. The van der Waals surface area contributed by atoms with Gasteiger partial charge in [0.15, 0.2) is 0 Å². The molecule has 23 heavy (non-hydrogen) atoms. The van der Waals surface area contributed by atoms with Crippen molar-refractivity contribution in [3.8, 4) is 11.8 Å². The maximum absolute atomic E-state index is 11.7. The van der Waals surface area contributed by atoms with E-state index in [1.165, 1.54) is 6.07 Å². The number of carbonyl (C=O) groups is 1. The maximum atomic E-state index is 11.7. The van der Waals surface area contributed by atoms with Crippen LogP contribution in [0.2, 0.25) is 5.02 Å². The smallest absolute Gasteiger partial charge is 0.308 e. The summed E-state index contributed by atoms with van der Waals surface area (Å²) in [7, 11) is 0. The molecular formula is C17H20ClNO4. The number of ether oxygens (including phenoxy) is 2. The van der Waals surface area contributed by atoms with E-state index in [-0.39, 0.29) is 18.5 Å². The molecule has 0 atom stereocenters. The highest BCUT2D eigenvalue weighted by Gasteiger charge is 2.37. The number of carbonyl (C=O) groups excluding carboxylic acids is 1. The summed E-state index contributed by atoms with van der Waals surface area (Å²) in [5, 5.41) is 19.7. The number of nitriles is 1. The Morgan fingerprint density at radius 3 is 2.74 bits per heavy atom. The number of hydrogen-bond acceptors (Lipinski definition) is 5. The first-order valence-electron chi connectivity index (χ1n) is 7.69. The zero-order valence-corrected chi connectivity index (χ0v) is 13.8. The third kappa shape index (κ3) is 4.60. The highest BCUT2D eigenvalue weighted by atomic mass is 35.5. The van der Waals surface area contributed by atoms with Crippen LogP contribution in [0.25, 0.3) is 0 Å². The summed E-state index contributed by atoms with van der Waals surface area (Å²) < 4.78 is 10.6. The quantitative estimate of drug-likeness (QED) is 0.835. The number of halogens is 1. The average molecular weight is 338 g/mol. The minimum atomic E-state index is -0.972. The Morgan fingerprint density at radius 1 is 1.48 bits per heavy atom. The van der Waals surface area contributed by atoms with Gasteiger partial charge in [-0.2, -0.15) is 5.26 Å². The molecule has 0 aromatic heterocycles. The number of benzene rings is 1. The Bertz CT molecular complexity index is 603. The zero-order chi connectivity index (χ0) is 16.9. The fourth-order valence-corrected chi connectivity index (χ4v) is 2.93. The summed E-state index contributed by atoms with van der Waals surface area (Å²) >= 11 is 6.05. The van der Waals surface area contributed by atoms with E-state index in [4.69, 9.17) is 26.3 Å². The molecule has 1 aromatic carbocycles. The summed E-state index contributed by atoms with van der Waals surface area (Å²) in [5.41, 5.74) is -0.517. The van der Waals surface area contributed by atoms with E-state index in [1.54, 1.807) is 19.1 Å². The lowest BCUT2D eigenvalue weighted by Crippen LogP contribution is -2.41. The van der Waals surface area contributed by atoms with Crippen molar-refractivity contribution in [1.29, 1.82) is 5.26 Å². The Morgan fingerprint density at radius 2 is 2.17 bits per heavy atom. The first-order valence-corrected chi connectivity index (χ1v) is 8.06. The second-order valence-corrected chi connectivity index (χ2v) is 6.20. The predicted octanol–water partition coefficient (Wildman–Crippen LogP) is 3.07. The summed E-state index contributed by atoms with van der Waals surface area (Å²) in [6.07, 6.45) is 2.12. The number of hydrogen-bond donors (Lipinski definition) is 1. The van der Waals surface area contributed by atoms with Crippen LogP contribution in [-0.4, -0.2) is 29.9 Å². The molecule has 6 heteroatoms. The largest absolute Gasteiger partial charge is 0.489 e. The van der Waals surface area contributed by atoms with Crippen LogP contribution >= 0.6 is 11.6 Å². The fourth-order valence-electron chi connectivity index (χ4n) is 2.69. The monoisotopic (exact) mass is 337 g/mol. The van der Waals surface area contributed by atoms with Gasteiger partial charge in [0, 0.05) is 0 Å². The van der Waals surface area contributed by atoms with Gasteiger partial charge in [-0.25, -0.2) is 0 Å². The van der Waals surface area contributed by atoms with Crippen LogP contribution in [0.15, 0.2) is 18.2 Å². The molecule has 0 spiro atoms. The predicted molar refractivity (Wildman–Crippen MR) is 85.2 cm³/mol. The second-order valence-electron chi connectivity index (χ2n) is 5.80. The molecule has 124 valence electrons. The van der Waals surface area contributed by atoms with Crippen LogP contribution in [0.4, 0.5) is 0 Å². The SMILES string of the molecule is CCOC(=O)C1CCC(O)(COc2ccc(C#N)cc2Cl)CC1. The van der Waals surface area contributed by atoms with E-state index in [0.717, 1.165) is 0 Å². The maximum Gasteiger partial charge on any atom is 0.308 e. The summed E-state index contributed by atoms with van der Waals surface area (Å²) in [6.45, 7) is 2.26. The van der Waals surface area contributed by atoms with Gasteiger partial charge in [-0.05, 0) is 50.8 Å². The molecule has 2 rings (SSSR count). The lowest BCUT2D eigenvalue weighted by molar-refractivity contribution is -0.151. The number of esters is 1. The molecule has 1 aliphatic carbocycles. The van der Waals surface area contributed by atoms with Crippen molar-refractivity contribution in [2.45, 2.75) is 38.2 Å². The minimum absolute atomic E-state index is 0.105. The van der Waals surface area contributed by atoms with Crippen LogP contribution in [0.3, 0.4) is 0 Å². The molecule has 1 fully saturated rings. The third-order valence-electron chi connectivity index (χ3n) is 4.09. The van der Waals surface area contributed by atoms with Crippen molar-refractivity contribution in [1.82, 2.24) is 0 Å². The molecule has 1 aliphatic rings. The van der Waals surface area contributed by atoms with Gasteiger partial charge in [0.25, 0.3) is 0 Å². The van der Waals surface area contributed by atoms with Crippen molar-refractivity contribution < 1.29 is 19.4 Å². The molecule has 1 saturated carbocycles. The lowest BCUT2D eigenvalue weighted by atomic mass is 9.79. The van der Waals surface area contributed by atoms with Gasteiger partial charge in [-0.15, -0.1) is 0 Å². The first-order chi connectivity index (χ1) is 11.0. The van der Waals surface area contributed by atoms with E-state index in [0.29, 0.717) is 48.6 Å². The summed E-state index contributed by atoms with van der Waals surface area (Å²) in [6, 6.07) is 6.76. The van der Waals surface area contributed by atoms with Crippen LogP contribution in [0.1, 0.15) is 38.2 Å². The molecule has 0 aliphatic heterocycles. The first kappa shape index (κ1) is 17.6. The highest BCUT2D eigenvalue weighted by Crippen LogP contribution is 2.34. The van der Waals surface area contributed by atoms with Gasteiger partial charge >= 0.3 is 5.97 Å². The van der Waals surface area contributed by atoms with Crippen LogP contribution in [-0.2, 0) is 9.53 Å². The molecule has 0 heterocycles. The van der Waals surface area contributed by atoms with Gasteiger partial charge in [-0.3, -0.25) is 4.79 Å². The average Bonchev–Trinajstić information content (AvgIpc) is 2.54. The second kappa shape index (κ2) is 7.67.